The fraction of sp³-hybridized carbons (Fsp3) is 0.176. The van der Waals surface area contributed by atoms with Crippen molar-refractivity contribution in [2.75, 3.05) is 18.9 Å². The molecule has 0 bridgehead atoms. The summed E-state index contributed by atoms with van der Waals surface area (Å²) in [6.07, 6.45) is 0. The zero-order chi connectivity index (χ0) is 18.9. The highest BCUT2D eigenvalue weighted by Gasteiger charge is 2.17. The minimum Gasteiger partial charge on any atom is -0.452 e. The van der Waals surface area contributed by atoms with Crippen molar-refractivity contribution in [1.29, 1.82) is 0 Å². The number of hydrogen-bond donors (Lipinski definition) is 1. The number of nitrogens with one attached hydrogen (secondary N) is 1. The molecule has 9 heteroatoms. The quantitative estimate of drug-likeness (QED) is 0.242. The van der Waals surface area contributed by atoms with E-state index in [1.807, 2.05) is 30.3 Å². The predicted octanol–water partition coefficient (Wildman–Crippen LogP) is 3.31. The van der Waals surface area contributed by atoms with E-state index in [0.717, 1.165) is 17.0 Å². The van der Waals surface area contributed by atoms with Crippen LogP contribution in [0.25, 0.3) is 0 Å². The number of ether oxygens (including phenoxy) is 1. The van der Waals surface area contributed by atoms with Crippen molar-refractivity contribution in [1.82, 2.24) is 5.32 Å². The number of benzene rings is 2. The molecule has 0 aliphatic rings. The van der Waals surface area contributed by atoms with Crippen molar-refractivity contribution in [3.63, 3.8) is 0 Å². The van der Waals surface area contributed by atoms with E-state index in [1.165, 1.54) is 6.07 Å². The molecule has 1 N–H and O–H groups in total. The first-order valence-electron chi connectivity index (χ1n) is 7.53. The van der Waals surface area contributed by atoms with Gasteiger partial charge in [-0.3, -0.25) is 14.9 Å². The van der Waals surface area contributed by atoms with Gasteiger partial charge in [-0.25, -0.2) is 4.79 Å². The molecule has 2 rings (SSSR count). The summed E-state index contributed by atoms with van der Waals surface area (Å²) in [5, 5.41) is 13.2. The normalized spacial score (nSPS) is 10.2. The summed E-state index contributed by atoms with van der Waals surface area (Å²) >= 11 is 7.43. The number of carbonyl (C=O) groups is 2. The number of nitro groups is 1. The fourth-order valence-corrected chi connectivity index (χ4v) is 2.96. The zero-order valence-electron chi connectivity index (χ0n) is 13.5. The molecular weight excluding hydrogens is 380 g/mol. The van der Waals surface area contributed by atoms with Crippen LogP contribution in [0.3, 0.4) is 0 Å². The van der Waals surface area contributed by atoms with Crippen molar-refractivity contribution >= 4 is 40.9 Å². The highest BCUT2D eigenvalue weighted by atomic mass is 35.5. The molecule has 0 aromatic heterocycles. The zero-order valence-corrected chi connectivity index (χ0v) is 15.1. The van der Waals surface area contributed by atoms with Crippen molar-refractivity contribution < 1.29 is 19.2 Å². The third-order valence-corrected chi connectivity index (χ3v) is 4.48. The molecule has 0 fully saturated rings. The largest absolute Gasteiger partial charge is 0.452 e. The third-order valence-electron chi connectivity index (χ3n) is 3.15. The molecule has 0 aliphatic carbocycles. The number of nitro benzene ring substituents is 1. The van der Waals surface area contributed by atoms with E-state index in [-0.39, 0.29) is 16.3 Å². The Hall–Kier alpha value is -2.58. The fourth-order valence-electron chi connectivity index (χ4n) is 1.92. The Labute approximate surface area is 158 Å². The summed E-state index contributed by atoms with van der Waals surface area (Å²) in [7, 11) is 0. The molecular formula is C17H15ClN2O5S. The Morgan fingerprint density at radius 3 is 2.58 bits per heavy atom. The summed E-state index contributed by atoms with van der Waals surface area (Å²) in [6, 6.07) is 13.1. The van der Waals surface area contributed by atoms with Crippen LogP contribution in [-0.4, -0.2) is 35.7 Å². The minimum absolute atomic E-state index is 0.0373. The summed E-state index contributed by atoms with van der Waals surface area (Å²) < 4.78 is 4.87. The van der Waals surface area contributed by atoms with Gasteiger partial charge in [0.05, 0.1) is 15.5 Å². The number of halogens is 1. The second kappa shape index (κ2) is 9.79. The van der Waals surface area contributed by atoms with Gasteiger partial charge in [0.25, 0.3) is 11.6 Å². The maximum Gasteiger partial charge on any atom is 0.340 e. The van der Waals surface area contributed by atoms with Gasteiger partial charge in [-0.1, -0.05) is 29.8 Å². The van der Waals surface area contributed by atoms with Crippen LogP contribution in [0.5, 0.6) is 0 Å². The molecule has 0 heterocycles. The molecule has 0 radical (unpaired) electrons. The number of carbonyl (C=O) groups excluding carboxylic acids is 2. The van der Waals surface area contributed by atoms with Crippen LogP contribution in [0, 0.1) is 10.1 Å². The Kier molecular flexibility index (Phi) is 7.43. The molecule has 0 saturated heterocycles. The molecule has 0 aliphatic heterocycles. The van der Waals surface area contributed by atoms with Gasteiger partial charge in [0.2, 0.25) is 0 Å². The first-order chi connectivity index (χ1) is 12.5. The lowest BCUT2D eigenvalue weighted by Gasteiger charge is -2.07. The lowest BCUT2D eigenvalue weighted by Crippen LogP contribution is -2.30. The standard InChI is InChI=1S/C17H15ClN2O5S/c18-15-10-12(20(23)24)6-7-14(15)17(22)25-11-16(21)19-8-9-26-13-4-2-1-3-5-13/h1-7,10H,8-9,11H2,(H,19,21). The van der Waals surface area contributed by atoms with Crippen LogP contribution in [0.15, 0.2) is 53.4 Å². The first kappa shape index (κ1) is 19.7. The van der Waals surface area contributed by atoms with E-state index < -0.39 is 23.4 Å². The van der Waals surface area contributed by atoms with Gasteiger partial charge in [0.15, 0.2) is 6.61 Å². The molecule has 2 aromatic carbocycles. The molecule has 136 valence electrons. The third kappa shape index (κ3) is 6.05. The second-order valence-corrected chi connectivity index (χ2v) is 6.58. The van der Waals surface area contributed by atoms with E-state index in [4.69, 9.17) is 16.3 Å². The van der Waals surface area contributed by atoms with E-state index in [1.54, 1.807) is 11.8 Å². The number of hydrogen-bond acceptors (Lipinski definition) is 6. The van der Waals surface area contributed by atoms with Crippen molar-refractivity contribution in [2.24, 2.45) is 0 Å². The highest BCUT2D eigenvalue weighted by Crippen LogP contribution is 2.23. The van der Waals surface area contributed by atoms with Gasteiger partial charge in [-0.05, 0) is 18.2 Å². The molecule has 0 saturated carbocycles. The van der Waals surface area contributed by atoms with Gasteiger partial charge < -0.3 is 10.1 Å². The highest BCUT2D eigenvalue weighted by molar-refractivity contribution is 7.99. The van der Waals surface area contributed by atoms with Crippen molar-refractivity contribution in [2.45, 2.75) is 4.90 Å². The molecule has 0 spiro atoms. The Balaban J connectivity index is 1.73. The van der Waals surface area contributed by atoms with Crippen LogP contribution in [0.1, 0.15) is 10.4 Å². The number of thioether (sulfide) groups is 1. The van der Waals surface area contributed by atoms with E-state index in [0.29, 0.717) is 12.3 Å². The summed E-state index contributed by atoms with van der Waals surface area (Å²) in [5.74, 6) is -0.582. The van der Waals surface area contributed by atoms with Gasteiger partial charge >= 0.3 is 5.97 Å². The van der Waals surface area contributed by atoms with E-state index in [9.17, 15) is 19.7 Å². The number of non-ortho nitro benzene ring substituents is 1. The molecule has 2 aromatic rings. The predicted molar refractivity (Wildman–Crippen MR) is 98.6 cm³/mol. The second-order valence-electron chi connectivity index (χ2n) is 5.01. The average molecular weight is 395 g/mol. The van der Waals surface area contributed by atoms with Gasteiger partial charge in [0, 0.05) is 29.3 Å². The minimum atomic E-state index is -0.821. The van der Waals surface area contributed by atoms with Crippen molar-refractivity contribution in [3.8, 4) is 0 Å². The van der Waals surface area contributed by atoms with E-state index in [2.05, 4.69) is 5.32 Å². The summed E-state index contributed by atoms with van der Waals surface area (Å²) in [5.41, 5.74) is -0.273. The van der Waals surface area contributed by atoms with Gasteiger partial charge in [-0.15, -0.1) is 11.8 Å². The Morgan fingerprint density at radius 1 is 1.19 bits per heavy atom. The summed E-state index contributed by atoms with van der Waals surface area (Å²) in [4.78, 5) is 34.7. The van der Waals surface area contributed by atoms with Crippen LogP contribution < -0.4 is 5.32 Å². The van der Waals surface area contributed by atoms with Crippen LogP contribution in [-0.2, 0) is 9.53 Å². The van der Waals surface area contributed by atoms with Crippen LogP contribution >= 0.6 is 23.4 Å². The first-order valence-corrected chi connectivity index (χ1v) is 8.89. The topological polar surface area (TPSA) is 98.5 Å². The number of amides is 1. The monoisotopic (exact) mass is 394 g/mol. The number of esters is 1. The SMILES string of the molecule is O=C(COC(=O)c1ccc([N+](=O)[O-])cc1Cl)NCCSc1ccccc1. The van der Waals surface area contributed by atoms with Gasteiger partial charge in [0.1, 0.15) is 0 Å². The number of nitrogens with zero attached hydrogens (tertiary/aromatic N) is 1. The molecule has 0 atom stereocenters. The average Bonchev–Trinajstić information content (AvgIpc) is 2.64. The maximum atomic E-state index is 11.9. The van der Waals surface area contributed by atoms with Crippen molar-refractivity contribution in [3.05, 3.63) is 69.2 Å². The van der Waals surface area contributed by atoms with Crippen LogP contribution in [0.2, 0.25) is 5.02 Å². The molecule has 26 heavy (non-hydrogen) atoms. The molecule has 7 nitrogen and oxygen atoms in total. The lowest BCUT2D eigenvalue weighted by atomic mass is 10.2. The molecule has 1 amide bonds. The number of rotatable bonds is 8. The summed E-state index contributed by atoms with van der Waals surface area (Å²) in [6.45, 7) is -0.0314. The maximum absolute atomic E-state index is 11.9. The Morgan fingerprint density at radius 2 is 1.92 bits per heavy atom. The smallest absolute Gasteiger partial charge is 0.340 e. The lowest BCUT2D eigenvalue weighted by molar-refractivity contribution is -0.384. The van der Waals surface area contributed by atoms with Gasteiger partial charge in [-0.2, -0.15) is 0 Å². The Bertz CT molecular complexity index is 801. The van der Waals surface area contributed by atoms with Crippen LogP contribution in [0.4, 0.5) is 5.69 Å². The van der Waals surface area contributed by atoms with E-state index >= 15 is 0 Å². The molecule has 0 unspecified atom stereocenters.